The van der Waals surface area contributed by atoms with Crippen molar-refractivity contribution in [2.45, 2.75) is 83.5 Å². The van der Waals surface area contributed by atoms with Crippen LogP contribution in [-0.4, -0.2) is 107 Å². The van der Waals surface area contributed by atoms with E-state index < -0.39 is 11.8 Å². The molecule has 5 amide bonds. The molecule has 0 fully saturated rings. The van der Waals surface area contributed by atoms with Crippen LogP contribution in [-0.2, 0) is 24.0 Å². The van der Waals surface area contributed by atoms with Crippen LogP contribution in [0.15, 0.2) is 0 Å². The van der Waals surface area contributed by atoms with Crippen LogP contribution in [0, 0.1) is 0 Å². The molecule has 0 aromatic carbocycles. The van der Waals surface area contributed by atoms with Crippen LogP contribution < -0.4 is 16.0 Å². The van der Waals surface area contributed by atoms with Gasteiger partial charge in [-0.2, -0.15) is 0 Å². The Hall–Kier alpha value is -2.81. The van der Waals surface area contributed by atoms with Crippen molar-refractivity contribution in [1.29, 1.82) is 0 Å². The average Bonchev–Trinajstić information content (AvgIpc) is 2.93. The van der Waals surface area contributed by atoms with E-state index in [9.17, 15) is 34.4 Å². The highest BCUT2D eigenvalue weighted by Crippen LogP contribution is 2.03. The maximum absolute atomic E-state index is 12.0. The molecule has 226 valence electrons. The molecule has 0 unspecified atom stereocenters. The molecule has 0 heterocycles. The fourth-order valence-electron chi connectivity index (χ4n) is 3.51. The third-order valence-corrected chi connectivity index (χ3v) is 5.88. The van der Waals surface area contributed by atoms with Gasteiger partial charge in [0.2, 0.25) is 30.0 Å². The van der Waals surface area contributed by atoms with Crippen LogP contribution >= 0.6 is 0 Å². The second-order valence-electron chi connectivity index (χ2n) is 9.29. The third kappa shape index (κ3) is 21.8. The Morgan fingerprint density at radius 1 is 0.590 bits per heavy atom. The molecule has 6 N–H and O–H groups in total. The Kier molecular flexibility index (Phi) is 22.5. The van der Waals surface area contributed by atoms with E-state index in [1.165, 1.54) is 0 Å². The van der Waals surface area contributed by atoms with Crippen molar-refractivity contribution in [2.24, 2.45) is 0 Å². The van der Waals surface area contributed by atoms with Crippen molar-refractivity contribution in [3.63, 3.8) is 0 Å². The summed E-state index contributed by atoms with van der Waals surface area (Å²) in [4.78, 5) is 57.8. The molecule has 0 aromatic rings. The molecule has 0 radical (unpaired) electrons. The fourth-order valence-corrected chi connectivity index (χ4v) is 3.51. The molecule has 14 heteroatoms. The molecule has 39 heavy (non-hydrogen) atoms. The lowest BCUT2D eigenvalue weighted by Gasteiger charge is -2.15. The first kappa shape index (κ1) is 36.2. The van der Waals surface area contributed by atoms with Gasteiger partial charge in [-0.15, -0.1) is 0 Å². The van der Waals surface area contributed by atoms with Gasteiger partial charge >= 0.3 is 0 Å². The first-order valence-electron chi connectivity index (χ1n) is 13.8. The summed E-state index contributed by atoms with van der Waals surface area (Å²) in [5.74, 6) is -1.60. The predicted molar refractivity (Wildman–Crippen MR) is 142 cm³/mol. The summed E-state index contributed by atoms with van der Waals surface area (Å²) in [7, 11) is 1.87. The molecule has 0 aromatic heterocycles. The average molecular weight is 561 g/mol. The van der Waals surface area contributed by atoms with Gasteiger partial charge in [0.1, 0.15) is 0 Å². The van der Waals surface area contributed by atoms with Crippen LogP contribution in [0.2, 0.25) is 0 Å². The summed E-state index contributed by atoms with van der Waals surface area (Å²) < 4.78 is 0. The topological polar surface area (TPSA) is 192 Å². The van der Waals surface area contributed by atoms with Crippen molar-refractivity contribution < 1.29 is 39.6 Å². The van der Waals surface area contributed by atoms with E-state index in [1.807, 2.05) is 7.05 Å². The minimum Gasteiger partial charge on any atom is -0.356 e. The van der Waals surface area contributed by atoms with Crippen molar-refractivity contribution in [3.05, 3.63) is 0 Å². The normalized spacial score (nSPS) is 10.6. The van der Waals surface area contributed by atoms with Gasteiger partial charge in [0, 0.05) is 58.4 Å². The van der Waals surface area contributed by atoms with Crippen LogP contribution in [0.5, 0.6) is 0 Å². The van der Waals surface area contributed by atoms with E-state index in [2.05, 4.69) is 16.0 Å². The van der Waals surface area contributed by atoms with Crippen LogP contribution in [0.25, 0.3) is 0 Å². The molecule has 0 aliphatic rings. The van der Waals surface area contributed by atoms with Crippen molar-refractivity contribution in [1.82, 2.24) is 31.1 Å². The Balaban J connectivity index is 3.74. The van der Waals surface area contributed by atoms with Gasteiger partial charge < -0.3 is 16.0 Å². The number of hydrogen-bond acceptors (Lipinski definition) is 9. The molecule has 0 rings (SSSR count). The van der Waals surface area contributed by atoms with Gasteiger partial charge in [-0.1, -0.05) is 6.42 Å². The zero-order valence-electron chi connectivity index (χ0n) is 23.2. The van der Waals surface area contributed by atoms with E-state index in [4.69, 9.17) is 5.21 Å². The van der Waals surface area contributed by atoms with E-state index in [0.29, 0.717) is 73.2 Å². The Morgan fingerprint density at radius 3 is 1.41 bits per heavy atom. The molecule has 0 aliphatic carbocycles. The standard InChI is InChI=1S/C25H48N6O8/c1-26-15-5-2-9-19-30(38)24(35)13-12-23(34)28-17-7-4-10-20-31(39)25(36)14-11-22(33)27-16-6-3-8-18-29(37)21-32/h21,26,37-39H,2-20H2,1H3,(H,27,33)(H,28,34). The van der Waals surface area contributed by atoms with Gasteiger partial charge in [-0.3, -0.25) is 39.6 Å². The molecule has 0 atom stereocenters. The van der Waals surface area contributed by atoms with Gasteiger partial charge in [-0.25, -0.2) is 15.2 Å². The van der Waals surface area contributed by atoms with E-state index in [0.717, 1.165) is 25.8 Å². The number of hydroxylamine groups is 6. The van der Waals surface area contributed by atoms with Gasteiger partial charge in [-0.05, 0) is 65.0 Å². The summed E-state index contributed by atoms with van der Waals surface area (Å²) in [6.45, 7) is 2.31. The van der Waals surface area contributed by atoms with Crippen LogP contribution in [0.3, 0.4) is 0 Å². The number of hydrogen-bond donors (Lipinski definition) is 6. The second kappa shape index (κ2) is 24.2. The Labute approximate surface area is 230 Å². The van der Waals surface area contributed by atoms with Gasteiger partial charge in [0.25, 0.3) is 0 Å². The van der Waals surface area contributed by atoms with Gasteiger partial charge in [0.15, 0.2) is 0 Å². The number of unbranched alkanes of at least 4 members (excludes halogenated alkanes) is 6. The number of carbonyl (C=O) groups excluding carboxylic acids is 5. The van der Waals surface area contributed by atoms with Crippen molar-refractivity contribution in [2.75, 3.05) is 46.3 Å². The fraction of sp³-hybridized carbons (Fsp3) is 0.800. The SMILES string of the molecule is CNCCCCCN(O)C(=O)CCC(=O)NCCCCCN(O)C(=O)CCC(=O)NCCCCCN(O)C=O. The molecule has 0 bridgehead atoms. The molecule has 0 spiro atoms. The number of carbonyl (C=O) groups is 5. The lowest BCUT2D eigenvalue weighted by Crippen LogP contribution is -2.31. The highest BCUT2D eigenvalue weighted by molar-refractivity contribution is 5.83. The Bertz CT molecular complexity index is 712. The minimum absolute atomic E-state index is 0.00793. The van der Waals surface area contributed by atoms with Crippen molar-refractivity contribution >= 4 is 30.0 Å². The first-order chi connectivity index (χ1) is 18.7. The van der Waals surface area contributed by atoms with Crippen molar-refractivity contribution in [3.8, 4) is 0 Å². The third-order valence-electron chi connectivity index (χ3n) is 5.88. The van der Waals surface area contributed by atoms with E-state index >= 15 is 0 Å². The summed E-state index contributed by atoms with van der Waals surface area (Å²) in [5, 5.41) is 38.8. The highest BCUT2D eigenvalue weighted by atomic mass is 16.5. The lowest BCUT2D eigenvalue weighted by atomic mass is 10.2. The summed E-state index contributed by atoms with van der Waals surface area (Å²) in [6.07, 6.45) is 6.48. The zero-order chi connectivity index (χ0) is 29.3. The Morgan fingerprint density at radius 2 is 1.00 bits per heavy atom. The zero-order valence-corrected chi connectivity index (χ0v) is 23.2. The second-order valence-corrected chi connectivity index (χ2v) is 9.29. The monoisotopic (exact) mass is 560 g/mol. The number of amides is 5. The molecule has 0 saturated carbocycles. The van der Waals surface area contributed by atoms with Gasteiger partial charge in [0.05, 0.1) is 0 Å². The minimum atomic E-state index is -0.545. The summed E-state index contributed by atoms with van der Waals surface area (Å²) >= 11 is 0. The maximum Gasteiger partial charge on any atom is 0.246 e. The van der Waals surface area contributed by atoms with E-state index in [1.54, 1.807) is 0 Å². The number of nitrogens with one attached hydrogen (secondary N) is 3. The molecule has 0 aliphatic heterocycles. The highest BCUT2D eigenvalue weighted by Gasteiger charge is 2.14. The quantitative estimate of drug-likeness (QED) is 0.0405. The summed E-state index contributed by atoms with van der Waals surface area (Å²) in [6, 6.07) is 0. The summed E-state index contributed by atoms with van der Waals surface area (Å²) in [5.41, 5.74) is 0. The largest absolute Gasteiger partial charge is 0.356 e. The first-order valence-corrected chi connectivity index (χ1v) is 13.8. The van der Waals surface area contributed by atoms with E-state index in [-0.39, 0.29) is 57.1 Å². The smallest absolute Gasteiger partial charge is 0.246 e. The molecular formula is C25H48N6O8. The lowest BCUT2D eigenvalue weighted by molar-refractivity contribution is -0.166. The molecule has 0 saturated heterocycles. The van der Waals surface area contributed by atoms with Crippen LogP contribution in [0.1, 0.15) is 83.5 Å². The molecule has 14 nitrogen and oxygen atoms in total. The molecular weight excluding hydrogens is 512 g/mol. The number of rotatable bonds is 25. The maximum atomic E-state index is 12.0. The predicted octanol–water partition coefficient (Wildman–Crippen LogP) is 0.793. The van der Waals surface area contributed by atoms with Crippen LogP contribution in [0.4, 0.5) is 0 Å². The number of nitrogens with zero attached hydrogens (tertiary/aromatic N) is 3.